The van der Waals surface area contributed by atoms with Gasteiger partial charge in [0.25, 0.3) is 0 Å². The number of nitrogens with zero attached hydrogens (tertiary/aromatic N) is 4. The summed E-state index contributed by atoms with van der Waals surface area (Å²) in [5.74, 6) is 0.702. The number of aromatic nitrogens is 4. The van der Waals surface area contributed by atoms with E-state index in [9.17, 15) is 0 Å². The number of hydrogen-bond donors (Lipinski definition) is 1. The van der Waals surface area contributed by atoms with Crippen molar-refractivity contribution in [1.82, 2.24) is 19.7 Å². The molecule has 0 aliphatic rings. The lowest BCUT2D eigenvalue weighted by Gasteiger charge is -2.11. The van der Waals surface area contributed by atoms with Crippen LogP contribution in [0.15, 0.2) is 53.7 Å². The van der Waals surface area contributed by atoms with Crippen molar-refractivity contribution in [1.29, 1.82) is 0 Å². The van der Waals surface area contributed by atoms with Gasteiger partial charge in [-0.1, -0.05) is 27.5 Å². The molecule has 3 aromatic rings. The maximum Gasteiger partial charge on any atom is 0.178 e. The van der Waals surface area contributed by atoms with E-state index in [1.807, 2.05) is 30.3 Å². The predicted octanol–water partition coefficient (Wildman–Crippen LogP) is 3.69. The number of rotatable bonds is 4. The molecule has 0 saturated heterocycles. The van der Waals surface area contributed by atoms with Crippen LogP contribution in [0.3, 0.4) is 0 Å². The fraction of sp³-hybridized carbons (Fsp3) is 0.0714. The minimum absolute atomic E-state index is 0.620. The van der Waals surface area contributed by atoms with Crippen LogP contribution < -0.4 is 5.32 Å². The Morgan fingerprint density at radius 3 is 3.00 bits per heavy atom. The number of benzene rings is 1. The maximum atomic E-state index is 6.03. The van der Waals surface area contributed by atoms with Crippen molar-refractivity contribution in [2.45, 2.75) is 6.54 Å². The van der Waals surface area contributed by atoms with Crippen LogP contribution in [0.2, 0.25) is 5.02 Å². The van der Waals surface area contributed by atoms with E-state index >= 15 is 0 Å². The lowest BCUT2D eigenvalue weighted by atomic mass is 10.2. The van der Waals surface area contributed by atoms with Gasteiger partial charge in [-0.3, -0.25) is 0 Å². The number of pyridine rings is 1. The number of hydrogen-bond acceptors (Lipinski definition) is 4. The summed E-state index contributed by atoms with van der Waals surface area (Å²) in [6.45, 7) is 0.620. The Morgan fingerprint density at radius 2 is 2.19 bits per heavy atom. The highest BCUT2D eigenvalue weighted by molar-refractivity contribution is 9.10. The molecule has 5 nitrogen and oxygen atoms in total. The maximum absolute atomic E-state index is 6.03. The molecular formula is C14H11BrClN5. The molecule has 1 N–H and O–H groups in total. The largest absolute Gasteiger partial charge is 0.378 e. The third-order valence-electron chi connectivity index (χ3n) is 2.90. The van der Waals surface area contributed by atoms with Crippen molar-refractivity contribution in [2.75, 3.05) is 5.32 Å². The second-order valence-electron chi connectivity index (χ2n) is 4.30. The zero-order chi connectivity index (χ0) is 14.7. The van der Waals surface area contributed by atoms with Gasteiger partial charge < -0.3 is 5.32 Å². The average molecular weight is 365 g/mol. The molecule has 0 saturated carbocycles. The van der Waals surface area contributed by atoms with E-state index < -0.39 is 0 Å². The summed E-state index contributed by atoms with van der Waals surface area (Å²) in [5.41, 5.74) is 1.94. The van der Waals surface area contributed by atoms with E-state index in [0.29, 0.717) is 17.4 Å². The van der Waals surface area contributed by atoms with Crippen molar-refractivity contribution in [3.05, 3.63) is 64.2 Å². The lowest BCUT2D eigenvalue weighted by Crippen LogP contribution is -2.07. The van der Waals surface area contributed by atoms with Crippen molar-refractivity contribution in [3.63, 3.8) is 0 Å². The molecule has 1 aromatic carbocycles. The molecule has 0 fully saturated rings. The summed E-state index contributed by atoms with van der Waals surface area (Å²) in [7, 11) is 0. The SMILES string of the molecule is Clc1ccc(Br)c(CNc2cccnc2-n2cncn2)c1. The fourth-order valence-corrected chi connectivity index (χ4v) is 2.49. The molecule has 0 atom stereocenters. The molecule has 21 heavy (non-hydrogen) atoms. The van der Waals surface area contributed by atoms with Gasteiger partial charge in [-0.25, -0.2) is 14.6 Å². The quantitative estimate of drug-likeness (QED) is 0.767. The van der Waals surface area contributed by atoms with Gasteiger partial charge in [0.15, 0.2) is 5.82 Å². The summed E-state index contributed by atoms with van der Waals surface area (Å²) < 4.78 is 2.63. The first-order valence-corrected chi connectivity index (χ1v) is 7.39. The molecule has 106 valence electrons. The summed E-state index contributed by atoms with van der Waals surface area (Å²) in [4.78, 5) is 8.28. The Hall–Kier alpha value is -1.92. The molecule has 0 amide bonds. The lowest BCUT2D eigenvalue weighted by molar-refractivity contribution is 0.844. The van der Waals surface area contributed by atoms with Crippen LogP contribution in [0.5, 0.6) is 0 Å². The van der Waals surface area contributed by atoms with E-state index in [-0.39, 0.29) is 0 Å². The van der Waals surface area contributed by atoms with Gasteiger partial charge in [0.1, 0.15) is 12.7 Å². The highest BCUT2D eigenvalue weighted by atomic mass is 79.9. The molecule has 0 spiro atoms. The van der Waals surface area contributed by atoms with Crippen LogP contribution in [-0.4, -0.2) is 19.7 Å². The molecule has 0 unspecified atom stereocenters. The van der Waals surface area contributed by atoms with E-state index in [0.717, 1.165) is 15.7 Å². The molecule has 2 heterocycles. The first kappa shape index (κ1) is 14.0. The second kappa shape index (κ2) is 6.24. The highest BCUT2D eigenvalue weighted by Crippen LogP contribution is 2.23. The molecule has 7 heteroatoms. The van der Waals surface area contributed by atoms with Gasteiger partial charge in [0.2, 0.25) is 0 Å². The van der Waals surface area contributed by atoms with Crippen molar-refractivity contribution in [3.8, 4) is 5.82 Å². The molecule has 0 radical (unpaired) electrons. The van der Waals surface area contributed by atoms with Gasteiger partial charge >= 0.3 is 0 Å². The molecule has 0 aliphatic carbocycles. The Bertz CT molecular complexity index is 745. The molecule has 2 aromatic heterocycles. The van der Waals surface area contributed by atoms with Crippen LogP contribution in [0.4, 0.5) is 5.69 Å². The van der Waals surface area contributed by atoms with Crippen LogP contribution in [-0.2, 0) is 6.54 Å². The topological polar surface area (TPSA) is 55.6 Å². The smallest absolute Gasteiger partial charge is 0.178 e. The number of anilines is 1. The normalized spacial score (nSPS) is 10.6. The Kier molecular flexibility index (Phi) is 4.17. The Balaban J connectivity index is 1.84. The monoisotopic (exact) mass is 363 g/mol. The number of halogens is 2. The summed E-state index contributed by atoms with van der Waals surface area (Å²) >= 11 is 9.55. The number of nitrogens with one attached hydrogen (secondary N) is 1. The van der Waals surface area contributed by atoms with Gasteiger partial charge in [-0.05, 0) is 35.9 Å². The van der Waals surface area contributed by atoms with Crippen LogP contribution in [0.1, 0.15) is 5.56 Å². The van der Waals surface area contributed by atoms with Crippen molar-refractivity contribution >= 4 is 33.2 Å². The molecule has 3 rings (SSSR count). The molecule has 0 bridgehead atoms. The van der Waals surface area contributed by atoms with Crippen LogP contribution in [0.25, 0.3) is 5.82 Å². The molecule has 0 aliphatic heterocycles. The summed E-state index contributed by atoms with van der Waals surface area (Å²) in [6.07, 6.45) is 4.81. The first-order chi connectivity index (χ1) is 10.2. The third-order valence-corrected chi connectivity index (χ3v) is 3.91. The van der Waals surface area contributed by atoms with E-state index in [1.165, 1.54) is 6.33 Å². The zero-order valence-electron chi connectivity index (χ0n) is 10.9. The van der Waals surface area contributed by atoms with E-state index in [1.54, 1.807) is 17.2 Å². The Morgan fingerprint density at radius 1 is 1.29 bits per heavy atom. The van der Waals surface area contributed by atoms with Gasteiger partial charge in [-0.15, -0.1) is 0 Å². The average Bonchev–Trinajstić information content (AvgIpc) is 3.03. The second-order valence-corrected chi connectivity index (χ2v) is 5.59. The Labute approximate surface area is 135 Å². The minimum atomic E-state index is 0.620. The summed E-state index contributed by atoms with van der Waals surface area (Å²) in [6, 6.07) is 9.52. The van der Waals surface area contributed by atoms with Gasteiger partial charge in [0, 0.05) is 22.2 Å². The third kappa shape index (κ3) is 3.22. The molecular weight excluding hydrogens is 354 g/mol. The predicted molar refractivity (Wildman–Crippen MR) is 85.6 cm³/mol. The highest BCUT2D eigenvalue weighted by Gasteiger charge is 2.07. The minimum Gasteiger partial charge on any atom is -0.378 e. The fourth-order valence-electron chi connectivity index (χ4n) is 1.90. The zero-order valence-corrected chi connectivity index (χ0v) is 13.2. The van der Waals surface area contributed by atoms with Crippen molar-refractivity contribution in [2.24, 2.45) is 0 Å². The standard InChI is InChI=1S/C14H11BrClN5/c15-12-4-3-11(16)6-10(12)7-19-13-2-1-5-18-14(13)21-9-17-8-20-21/h1-6,8-9,19H,7H2. The first-order valence-electron chi connectivity index (χ1n) is 6.22. The van der Waals surface area contributed by atoms with E-state index in [2.05, 4.69) is 36.3 Å². The van der Waals surface area contributed by atoms with E-state index in [4.69, 9.17) is 11.6 Å². The van der Waals surface area contributed by atoms with Crippen LogP contribution >= 0.6 is 27.5 Å². The van der Waals surface area contributed by atoms with Crippen molar-refractivity contribution < 1.29 is 0 Å². The van der Waals surface area contributed by atoms with Gasteiger partial charge in [-0.2, -0.15) is 5.10 Å². The summed E-state index contributed by atoms with van der Waals surface area (Å²) in [5, 5.41) is 8.16. The van der Waals surface area contributed by atoms with Crippen LogP contribution in [0, 0.1) is 0 Å². The van der Waals surface area contributed by atoms with Gasteiger partial charge in [0.05, 0.1) is 5.69 Å².